The standard InChI is InChI=1S/C35H56N4O5/c1-8-19-15(3)22-12-24-17(5)21(10-11-28(40)41)32(38-24)30-31(35(43)44-7)34(42)29-18(6)25(39-33(29)30)14-27-20(9-2)16(4)23(37-27)13-26(19)36-22/h8,10-11,15-27,29-34,36-39,42H,1,9,12-14H2,2-7H3,(H,40,41)/b11-10+. The van der Waals surface area contributed by atoms with Gasteiger partial charge >= 0.3 is 11.9 Å². The summed E-state index contributed by atoms with van der Waals surface area (Å²) in [5.41, 5.74) is 0. The number of nitrogens with one attached hydrogen (secondary N) is 4. The van der Waals surface area contributed by atoms with Crippen molar-refractivity contribution in [3.05, 3.63) is 24.8 Å². The van der Waals surface area contributed by atoms with Crippen LogP contribution in [0, 0.1) is 59.2 Å². The van der Waals surface area contributed by atoms with Gasteiger partial charge in [-0.3, -0.25) is 4.79 Å². The number of hydrogen-bond donors (Lipinski definition) is 6. The van der Waals surface area contributed by atoms with Gasteiger partial charge in [0.25, 0.3) is 0 Å². The minimum Gasteiger partial charge on any atom is -0.478 e. The van der Waals surface area contributed by atoms with Gasteiger partial charge in [-0.15, -0.1) is 6.58 Å². The van der Waals surface area contributed by atoms with E-state index >= 15 is 0 Å². The second-order valence-electron chi connectivity index (χ2n) is 15.4. The molecule has 6 fully saturated rings. The summed E-state index contributed by atoms with van der Waals surface area (Å²) in [7, 11) is 1.40. The van der Waals surface area contributed by atoms with Gasteiger partial charge in [0.1, 0.15) is 0 Å². The maximum Gasteiger partial charge on any atom is 0.327 e. The number of aliphatic hydroxyl groups is 1. The van der Waals surface area contributed by atoms with Crippen molar-refractivity contribution in [3.63, 3.8) is 0 Å². The van der Waals surface area contributed by atoms with Crippen molar-refractivity contribution in [3.8, 4) is 0 Å². The van der Waals surface area contributed by atoms with Gasteiger partial charge in [-0.25, -0.2) is 4.79 Å². The van der Waals surface area contributed by atoms with Gasteiger partial charge in [0.05, 0.1) is 19.1 Å². The summed E-state index contributed by atoms with van der Waals surface area (Å²) >= 11 is 0. The minimum absolute atomic E-state index is 0.0704. The summed E-state index contributed by atoms with van der Waals surface area (Å²) in [5, 5.41) is 37.6. The van der Waals surface area contributed by atoms with Gasteiger partial charge in [-0.05, 0) is 60.7 Å². The maximum atomic E-state index is 13.4. The van der Waals surface area contributed by atoms with Crippen LogP contribution in [-0.2, 0) is 14.3 Å². The highest BCUT2D eigenvalue weighted by Crippen LogP contribution is 2.52. The topological polar surface area (TPSA) is 132 Å². The lowest BCUT2D eigenvalue weighted by molar-refractivity contribution is -0.151. The van der Waals surface area contributed by atoms with Crippen LogP contribution in [-0.4, -0.2) is 83.7 Å². The molecule has 0 radical (unpaired) electrons. The van der Waals surface area contributed by atoms with Crippen LogP contribution in [0.2, 0.25) is 0 Å². The molecular formula is C35H56N4O5. The van der Waals surface area contributed by atoms with Gasteiger partial charge in [-0.2, -0.15) is 0 Å². The van der Waals surface area contributed by atoms with E-state index in [0.29, 0.717) is 47.8 Å². The van der Waals surface area contributed by atoms with E-state index < -0.39 is 18.0 Å². The van der Waals surface area contributed by atoms with Gasteiger partial charge in [-0.1, -0.05) is 53.2 Å². The van der Waals surface area contributed by atoms with Crippen LogP contribution in [0.4, 0.5) is 0 Å². The zero-order chi connectivity index (χ0) is 31.6. The number of rotatable bonds is 5. The number of fused-ring (bicyclic) bond motifs is 8. The van der Waals surface area contributed by atoms with E-state index in [9.17, 15) is 19.8 Å². The molecule has 6 rings (SSSR count). The molecule has 9 nitrogen and oxygen atoms in total. The zero-order valence-corrected chi connectivity index (χ0v) is 27.4. The lowest BCUT2D eigenvalue weighted by atomic mass is 9.76. The molecule has 6 aliphatic rings. The summed E-state index contributed by atoms with van der Waals surface area (Å²) in [5.74, 6) is -0.151. The predicted molar refractivity (Wildman–Crippen MR) is 170 cm³/mol. The van der Waals surface area contributed by atoms with E-state index in [1.165, 1.54) is 13.2 Å². The Morgan fingerprint density at radius 2 is 1.36 bits per heavy atom. The first-order valence-corrected chi connectivity index (χ1v) is 17.3. The van der Waals surface area contributed by atoms with Crippen molar-refractivity contribution in [2.24, 2.45) is 59.2 Å². The molecule has 1 saturated carbocycles. The highest BCUT2D eigenvalue weighted by Gasteiger charge is 2.64. The van der Waals surface area contributed by atoms with E-state index in [-0.39, 0.29) is 59.7 Å². The number of methoxy groups -OCH3 is 1. The molecule has 5 saturated heterocycles. The van der Waals surface area contributed by atoms with E-state index in [0.717, 1.165) is 25.7 Å². The lowest BCUT2D eigenvalue weighted by Crippen LogP contribution is -2.51. The number of ether oxygens (including phenoxy) is 1. The number of aliphatic carboxylic acids is 1. The van der Waals surface area contributed by atoms with Crippen molar-refractivity contribution >= 4 is 11.9 Å². The SMILES string of the molecule is C=CC1C2CC3NC(CC4NC5C(C4C)C(O)C(C(=O)OC)C5C4NC(CC(N2)C1C)C(C)C4/C=C/C(=O)O)C(CC)C3C. The number of carboxylic acid groups (broad SMARTS) is 1. The van der Waals surface area contributed by atoms with Crippen LogP contribution in [0.15, 0.2) is 24.8 Å². The third-order valence-electron chi connectivity index (χ3n) is 13.7. The molecule has 5 heterocycles. The van der Waals surface area contributed by atoms with E-state index in [2.05, 4.69) is 68.5 Å². The molecule has 6 N–H and O–H groups in total. The number of aliphatic hydroxyl groups excluding tert-OH is 1. The summed E-state index contributed by atoms with van der Waals surface area (Å²) in [6.45, 7) is 15.8. The smallest absolute Gasteiger partial charge is 0.327 e. The minimum atomic E-state index is -0.968. The molecule has 19 unspecified atom stereocenters. The predicted octanol–water partition coefficient (Wildman–Crippen LogP) is 2.56. The second kappa shape index (κ2) is 12.4. The van der Waals surface area contributed by atoms with Crippen LogP contribution < -0.4 is 21.3 Å². The zero-order valence-electron chi connectivity index (χ0n) is 27.4. The first-order valence-electron chi connectivity index (χ1n) is 17.3. The summed E-state index contributed by atoms with van der Waals surface area (Å²) in [6, 6.07) is 1.56. The Hall–Kier alpha value is -1.78. The Kier molecular flexibility index (Phi) is 9.09. The van der Waals surface area contributed by atoms with Gasteiger partial charge in [0, 0.05) is 66.2 Å². The lowest BCUT2D eigenvalue weighted by Gasteiger charge is -2.34. The average molecular weight is 613 g/mol. The molecule has 1 aliphatic carbocycles. The Bertz CT molecular complexity index is 1130. The second-order valence-corrected chi connectivity index (χ2v) is 15.4. The fourth-order valence-corrected chi connectivity index (χ4v) is 11.4. The average Bonchev–Trinajstić information content (AvgIpc) is 3.72. The number of carbonyl (C=O) groups excluding carboxylic acids is 1. The molecule has 246 valence electrons. The van der Waals surface area contributed by atoms with Gasteiger partial charge < -0.3 is 36.2 Å². The molecular weight excluding hydrogens is 556 g/mol. The van der Waals surface area contributed by atoms with E-state index in [1.54, 1.807) is 0 Å². The molecule has 0 aromatic carbocycles. The number of esters is 1. The molecule has 8 bridgehead atoms. The monoisotopic (exact) mass is 612 g/mol. The maximum absolute atomic E-state index is 13.4. The molecule has 0 aromatic heterocycles. The van der Waals surface area contributed by atoms with Crippen molar-refractivity contribution in [1.82, 2.24) is 21.3 Å². The first-order chi connectivity index (χ1) is 21.0. The van der Waals surface area contributed by atoms with Crippen molar-refractivity contribution < 1.29 is 24.5 Å². The fraction of sp³-hybridized carbons (Fsp3) is 0.829. The quantitative estimate of drug-likeness (QED) is 0.158. The Labute approximate surface area is 263 Å². The summed E-state index contributed by atoms with van der Waals surface area (Å²) in [4.78, 5) is 25.1. The summed E-state index contributed by atoms with van der Waals surface area (Å²) < 4.78 is 5.32. The number of hydrogen-bond acceptors (Lipinski definition) is 8. The molecule has 0 amide bonds. The number of carboxylic acids is 1. The Morgan fingerprint density at radius 3 is 2.02 bits per heavy atom. The van der Waals surface area contributed by atoms with Crippen LogP contribution in [0.5, 0.6) is 0 Å². The molecule has 5 aliphatic heterocycles. The summed E-state index contributed by atoms with van der Waals surface area (Å²) in [6.07, 6.45) is 8.53. The molecule has 0 spiro atoms. The van der Waals surface area contributed by atoms with Crippen molar-refractivity contribution in [2.45, 2.75) is 115 Å². The highest BCUT2D eigenvalue weighted by atomic mass is 16.5. The Morgan fingerprint density at radius 1 is 0.795 bits per heavy atom. The van der Waals surface area contributed by atoms with Gasteiger partial charge in [0.15, 0.2) is 0 Å². The van der Waals surface area contributed by atoms with Gasteiger partial charge in [0.2, 0.25) is 0 Å². The highest BCUT2D eigenvalue weighted by molar-refractivity contribution is 5.79. The van der Waals surface area contributed by atoms with Crippen LogP contribution in [0.1, 0.15) is 60.3 Å². The van der Waals surface area contributed by atoms with Crippen molar-refractivity contribution in [1.29, 1.82) is 0 Å². The molecule has 44 heavy (non-hydrogen) atoms. The Balaban J connectivity index is 1.42. The fourth-order valence-electron chi connectivity index (χ4n) is 11.4. The van der Waals surface area contributed by atoms with Crippen LogP contribution in [0.25, 0.3) is 0 Å². The van der Waals surface area contributed by atoms with E-state index in [1.807, 2.05) is 6.08 Å². The normalized spacial score (nSPS) is 53.3. The van der Waals surface area contributed by atoms with Crippen LogP contribution >= 0.6 is 0 Å². The van der Waals surface area contributed by atoms with E-state index in [4.69, 9.17) is 4.74 Å². The third kappa shape index (κ3) is 5.19. The van der Waals surface area contributed by atoms with Crippen LogP contribution in [0.3, 0.4) is 0 Å². The van der Waals surface area contributed by atoms with Crippen molar-refractivity contribution in [2.75, 3.05) is 7.11 Å². The first kappa shape index (κ1) is 32.2. The molecule has 9 heteroatoms. The third-order valence-corrected chi connectivity index (χ3v) is 13.7. The largest absolute Gasteiger partial charge is 0.478 e. The molecule has 0 aromatic rings. The molecule has 19 atom stereocenters. The number of carbonyl (C=O) groups is 2.